The Kier molecular flexibility index (Phi) is 5.03. The van der Waals surface area contributed by atoms with Gasteiger partial charge in [0.15, 0.2) is 0 Å². The molecule has 1 saturated heterocycles. The third kappa shape index (κ3) is 4.96. The van der Waals surface area contributed by atoms with Gasteiger partial charge in [0, 0.05) is 38.4 Å². The molecule has 0 amide bonds. The molecule has 0 bridgehead atoms. The zero-order valence-corrected chi connectivity index (χ0v) is 10.7. The fourth-order valence-electron chi connectivity index (χ4n) is 2.42. The van der Waals surface area contributed by atoms with Crippen LogP contribution in [-0.4, -0.2) is 49.8 Å². The van der Waals surface area contributed by atoms with E-state index in [0.29, 0.717) is 6.04 Å². The van der Waals surface area contributed by atoms with E-state index in [2.05, 4.69) is 31.0 Å². The van der Waals surface area contributed by atoms with E-state index in [1.165, 1.54) is 13.0 Å². The van der Waals surface area contributed by atoms with Crippen LogP contribution in [0.25, 0.3) is 0 Å². The summed E-state index contributed by atoms with van der Waals surface area (Å²) in [5.74, 6) is 0. The summed E-state index contributed by atoms with van der Waals surface area (Å²) in [4.78, 5) is 2.55. The molecule has 3 heteroatoms. The molecule has 0 spiro atoms. The van der Waals surface area contributed by atoms with Crippen molar-refractivity contribution in [1.82, 2.24) is 10.2 Å². The predicted octanol–water partition coefficient (Wildman–Crippen LogP) is 1.49. The summed E-state index contributed by atoms with van der Waals surface area (Å²) in [6, 6.07) is 0.632. The van der Waals surface area contributed by atoms with Crippen molar-refractivity contribution in [2.75, 3.05) is 33.4 Å². The van der Waals surface area contributed by atoms with Gasteiger partial charge in [-0.1, -0.05) is 0 Å². The monoisotopic (exact) mass is 214 g/mol. The second-order valence-electron chi connectivity index (χ2n) is 5.34. The van der Waals surface area contributed by atoms with Gasteiger partial charge in [0.2, 0.25) is 0 Å². The highest BCUT2D eigenvalue weighted by Crippen LogP contribution is 2.14. The van der Waals surface area contributed by atoms with Gasteiger partial charge in [-0.05, 0) is 40.2 Å². The Labute approximate surface area is 94.2 Å². The maximum atomic E-state index is 5.09. The summed E-state index contributed by atoms with van der Waals surface area (Å²) >= 11 is 0. The van der Waals surface area contributed by atoms with E-state index in [-0.39, 0.29) is 5.54 Å². The maximum absolute atomic E-state index is 5.09. The molecule has 1 rings (SSSR count). The molecule has 0 aromatic carbocycles. The van der Waals surface area contributed by atoms with Crippen molar-refractivity contribution in [2.24, 2.45) is 0 Å². The maximum Gasteiger partial charge on any atom is 0.0474 e. The van der Waals surface area contributed by atoms with Crippen LogP contribution in [0, 0.1) is 0 Å². The molecule has 1 fully saturated rings. The summed E-state index contributed by atoms with van der Waals surface area (Å²) in [7, 11) is 1.77. The zero-order chi connectivity index (χ0) is 11.3. The van der Waals surface area contributed by atoms with Crippen molar-refractivity contribution in [1.29, 1.82) is 0 Å². The highest BCUT2D eigenvalue weighted by atomic mass is 16.5. The van der Waals surface area contributed by atoms with Crippen LogP contribution in [0.2, 0.25) is 0 Å². The van der Waals surface area contributed by atoms with Crippen LogP contribution in [0.5, 0.6) is 0 Å². The molecule has 1 aliphatic rings. The van der Waals surface area contributed by atoms with Crippen molar-refractivity contribution in [3.8, 4) is 0 Å². The minimum Gasteiger partial charge on any atom is -0.385 e. The average Bonchev–Trinajstić information content (AvgIpc) is 2.24. The molecule has 0 radical (unpaired) electrons. The quantitative estimate of drug-likeness (QED) is 0.718. The van der Waals surface area contributed by atoms with Gasteiger partial charge in [-0.15, -0.1) is 0 Å². The Balaban J connectivity index is 2.37. The van der Waals surface area contributed by atoms with Gasteiger partial charge in [-0.25, -0.2) is 0 Å². The average molecular weight is 214 g/mol. The van der Waals surface area contributed by atoms with Gasteiger partial charge in [0.25, 0.3) is 0 Å². The molecule has 1 atom stereocenters. The Morgan fingerprint density at radius 2 is 2.20 bits per heavy atom. The Morgan fingerprint density at radius 1 is 1.47 bits per heavy atom. The number of ether oxygens (including phenoxy) is 1. The Hall–Kier alpha value is -0.120. The molecule has 0 aromatic heterocycles. The van der Waals surface area contributed by atoms with Crippen LogP contribution in [0.1, 0.15) is 33.6 Å². The lowest BCUT2D eigenvalue weighted by molar-refractivity contribution is 0.164. The number of nitrogens with one attached hydrogen (secondary N) is 1. The van der Waals surface area contributed by atoms with Crippen LogP contribution in [0.3, 0.4) is 0 Å². The number of methoxy groups -OCH3 is 1. The van der Waals surface area contributed by atoms with Crippen LogP contribution in [0.4, 0.5) is 0 Å². The van der Waals surface area contributed by atoms with Gasteiger partial charge < -0.3 is 15.0 Å². The molecule has 0 aliphatic carbocycles. The molecule has 1 aliphatic heterocycles. The summed E-state index contributed by atoms with van der Waals surface area (Å²) in [6.07, 6.45) is 2.39. The van der Waals surface area contributed by atoms with E-state index in [4.69, 9.17) is 4.74 Å². The fourth-order valence-corrected chi connectivity index (χ4v) is 2.42. The minimum absolute atomic E-state index is 0.239. The van der Waals surface area contributed by atoms with E-state index in [9.17, 15) is 0 Å². The smallest absolute Gasteiger partial charge is 0.0474 e. The van der Waals surface area contributed by atoms with E-state index in [1.54, 1.807) is 7.11 Å². The van der Waals surface area contributed by atoms with E-state index >= 15 is 0 Å². The van der Waals surface area contributed by atoms with Gasteiger partial charge >= 0.3 is 0 Å². The lowest BCUT2D eigenvalue weighted by Crippen LogP contribution is -2.48. The second-order valence-corrected chi connectivity index (χ2v) is 5.34. The van der Waals surface area contributed by atoms with Crippen LogP contribution in [-0.2, 0) is 4.74 Å². The van der Waals surface area contributed by atoms with Crippen molar-refractivity contribution < 1.29 is 4.74 Å². The first-order valence-electron chi connectivity index (χ1n) is 6.02. The Bertz CT molecular complexity index is 182. The number of nitrogens with zero attached hydrogens (tertiary/aromatic N) is 1. The summed E-state index contributed by atoms with van der Waals surface area (Å²) < 4.78 is 5.09. The molecule has 1 unspecified atom stereocenters. The standard InChI is InChI=1S/C12H26N2O/c1-11-6-8-14(7-5-9-15-4)10-12(2,3)13-11/h11,13H,5-10H2,1-4H3. The SMILES string of the molecule is COCCCN1CCC(C)NC(C)(C)C1. The highest BCUT2D eigenvalue weighted by molar-refractivity contribution is 4.87. The normalized spacial score (nSPS) is 27.6. The van der Waals surface area contributed by atoms with Crippen molar-refractivity contribution in [3.63, 3.8) is 0 Å². The summed E-state index contributed by atoms with van der Waals surface area (Å²) in [6.45, 7) is 11.2. The number of hydrogen-bond acceptors (Lipinski definition) is 3. The van der Waals surface area contributed by atoms with Crippen molar-refractivity contribution in [3.05, 3.63) is 0 Å². The third-order valence-electron chi connectivity index (χ3n) is 2.96. The van der Waals surface area contributed by atoms with Gasteiger partial charge in [-0.3, -0.25) is 0 Å². The first-order chi connectivity index (χ1) is 7.03. The second kappa shape index (κ2) is 5.83. The summed E-state index contributed by atoms with van der Waals surface area (Å²) in [5.41, 5.74) is 0.239. The molecule has 3 nitrogen and oxygen atoms in total. The molecular weight excluding hydrogens is 188 g/mol. The molecule has 0 aromatic rings. The number of rotatable bonds is 4. The van der Waals surface area contributed by atoms with Crippen molar-refractivity contribution in [2.45, 2.75) is 45.2 Å². The highest BCUT2D eigenvalue weighted by Gasteiger charge is 2.26. The molecule has 1 heterocycles. The molecule has 90 valence electrons. The largest absolute Gasteiger partial charge is 0.385 e. The zero-order valence-electron chi connectivity index (χ0n) is 10.7. The van der Waals surface area contributed by atoms with Gasteiger partial charge in [0.05, 0.1) is 0 Å². The first-order valence-corrected chi connectivity index (χ1v) is 6.02. The van der Waals surface area contributed by atoms with Crippen LogP contribution in [0.15, 0.2) is 0 Å². The fraction of sp³-hybridized carbons (Fsp3) is 1.00. The van der Waals surface area contributed by atoms with Crippen LogP contribution < -0.4 is 5.32 Å². The lowest BCUT2D eigenvalue weighted by atomic mass is 10.0. The molecular formula is C12H26N2O. The predicted molar refractivity (Wildman–Crippen MR) is 64.2 cm³/mol. The topological polar surface area (TPSA) is 24.5 Å². The van der Waals surface area contributed by atoms with Crippen LogP contribution >= 0.6 is 0 Å². The first kappa shape index (κ1) is 12.9. The molecule has 1 N–H and O–H groups in total. The van der Waals surface area contributed by atoms with Crippen molar-refractivity contribution >= 4 is 0 Å². The third-order valence-corrected chi connectivity index (χ3v) is 2.96. The number of hydrogen-bond donors (Lipinski definition) is 1. The van der Waals surface area contributed by atoms with E-state index < -0.39 is 0 Å². The summed E-state index contributed by atoms with van der Waals surface area (Å²) in [5, 5.41) is 3.67. The molecule has 15 heavy (non-hydrogen) atoms. The van der Waals surface area contributed by atoms with Gasteiger partial charge in [0.1, 0.15) is 0 Å². The molecule has 0 saturated carbocycles. The van der Waals surface area contributed by atoms with E-state index in [1.807, 2.05) is 0 Å². The van der Waals surface area contributed by atoms with E-state index in [0.717, 1.165) is 26.1 Å². The lowest BCUT2D eigenvalue weighted by Gasteiger charge is -2.30. The Morgan fingerprint density at radius 3 is 2.87 bits per heavy atom. The minimum atomic E-state index is 0.239. The van der Waals surface area contributed by atoms with Gasteiger partial charge in [-0.2, -0.15) is 0 Å².